The van der Waals surface area contributed by atoms with Crippen LogP contribution >= 0.6 is 12.4 Å². The molecule has 1 spiro atoms. The minimum atomic E-state index is -0.679. The molecule has 2 fully saturated rings. The lowest BCUT2D eigenvalue weighted by Gasteiger charge is -2.59. The number of benzene rings is 2. The monoisotopic (exact) mass is 512 g/mol. The van der Waals surface area contributed by atoms with Crippen molar-refractivity contribution in [2.75, 3.05) is 25.1 Å². The van der Waals surface area contributed by atoms with Crippen molar-refractivity contribution in [3.8, 4) is 17.2 Å². The number of anilines is 1. The van der Waals surface area contributed by atoms with Crippen molar-refractivity contribution < 1.29 is 23.4 Å². The highest BCUT2D eigenvalue weighted by molar-refractivity contribution is 5.92. The summed E-state index contributed by atoms with van der Waals surface area (Å²) in [5.74, 6) is 0.995. The van der Waals surface area contributed by atoms with Crippen molar-refractivity contribution in [3.63, 3.8) is 0 Å². The molecule has 3 aromatic rings. The van der Waals surface area contributed by atoms with Crippen LogP contribution in [0.3, 0.4) is 0 Å². The summed E-state index contributed by atoms with van der Waals surface area (Å²) in [5.41, 5.74) is 2.80. The van der Waals surface area contributed by atoms with E-state index in [1.165, 1.54) is 36.7 Å². The molecule has 1 saturated carbocycles. The molecule has 0 unspecified atom stereocenters. The van der Waals surface area contributed by atoms with E-state index < -0.39 is 11.8 Å². The fourth-order valence-electron chi connectivity index (χ4n) is 5.35. The van der Waals surface area contributed by atoms with Gasteiger partial charge in [-0.1, -0.05) is 12.1 Å². The summed E-state index contributed by atoms with van der Waals surface area (Å²) in [5, 5.41) is 3.38. The van der Waals surface area contributed by atoms with Gasteiger partial charge in [-0.05, 0) is 42.7 Å². The molecule has 36 heavy (non-hydrogen) atoms. The number of esters is 1. The molecule has 3 heterocycles. The van der Waals surface area contributed by atoms with E-state index in [1.807, 2.05) is 0 Å². The van der Waals surface area contributed by atoms with E-state index >= 15 is 0 Å². The maximum absolute atomic E-state index is 13.7. The Kier molecular flexibility index (Phi) is 6.44. The SMILES string of the molecule is COC(=O)c1cc(F)ccc1Oc1cncnc1N1CC2(CC(Oc3cccc4c3CNC4)C2)C1.Cl. The average molecular weight is 513 g/mol. The summed E-state index contributed by atoms with van der Waals surface area (Å²) in [6, 6.07) is 10.00. The van der Waals surface area contributed by atoms with E-state index in [9.17, 15) is 9.18 Å². The Hall–Kier alpha value is -3.43. The van der Waals surface area contributed by atoms with Gasteiger partial charge in [0.2, 0.25) is 0 Å². The first kappa shape index (κ1) is 24.3. The average Bonchev–Trinajstić information content (AvgIpc) is 3.31. The third-order valence-electron chi connectivity index (χ3n) is 7.04. The number of ether oxygens (including phenoxy) is 3. The molecule has 2 aliphatic heterocycles. The lowest BCUT2D eigenvalue weighted by atomic mass is 9.61. The van der Waals surface area contributed by atoms with Gasteiger partial charge in [0, 0.05) is 37.2 Å². The molecule has 0 amide bonds. The summed E-state index contributed by atoms with van der Waals surface area (Å²) in [4.78, 5) is 22.7. The molecular formula is C26H26ClFN4O4. The highest BCUT2D eigenvalue weighted by Gasteiger charge is 2.54. The molecule has 0 bridgehead atoms. The van der Waals surface area contributed by atoms with Crippen LogP contribution in [0.2, 0.25) is 0 Å². The van der Waals surface area contributed by atoms with E-state index in [2.05, 4.69) is 38.4 Å². The van der Waals surface area contributed by atoms with Crippen LogP contribution in [-0.2, 0) is 17.8 Å². The second-order valence-corrected chi connectivity index (χ2v) is 9.45. The van der Waals surface area contributed by atoms with E-state index in [4.69, 9.17) is 14.2 Å². The van der Waals surface area contributed by atoms with Crippen LogP contribution in [0.5, 0.6) is 17.2 Å². The lowest BCUT2D eigenvalue weighted by molar-refractivity contribution is -0.0348. The van der Waals surface area contributed by atoms with Gasteiger partial charge in [0.15, 0.2) is 11.6 Å². The molecule has 1 aromatic heterocycles. The Bertz CT molecular complexity index is 1290. The Morgan fingerprint density at radius 2 is 1.97 bits per heavy atom. The van der Waals surface area contributed by atoms with Gasteiger partial charge in [-0.15, -0.1) is 12.4 Å². The fraction of sp³-hybridized carbons (Fsp3) is 0.346. The first-order chi connectivity index (χ1) is 17.0. The first-order valence-electron chi connectivity index (χ1n) is 11.6. The van der Waals surface area contributed by atoms with Crippen LogP contribution in [0.4, 0.5) is 10.2 Å². The van der Waals surface area contributed by atoms with Gasteiger partial charge in [0.05, 0.1) is 13.3 Å². The van der Waals surface area contributed by atoms with Gasteiger partial charge in [-0.25, -0.2) is 19.2 Å². The summed E-state index contributed by atoms with van der Waals surface area (Å²) < 4.78 is 30.8. The highest BCUT2D eigenvalue weighted by atomic mass is 35.5. The van der Waals surface area contributed by atoms with Crippen LogP contribution in [-0.4, -0.2) is 42.2 Å². The number of carbonyl (C=O) groups excluding carboxylic acids is 1. The third kappa shape index (κ3) is 4.33. The number of nitrogens with one attached hydrogen (secondary N) is 1. The van der Waals surface area contributed by atoms with Crippen molar-refractivity contribution in [2.24, 2.45) is 5.41 Å². The minimum Gasteiger partial charge on any atom is -0.490 e. The van der Waals surface area contributed by atoms with Gasteiger partial charge in [-0.3, -0.25) is 0 Å². The molecule has 1 saturated heterocycles. The molecule has 188 valence electrons. The Morgan fingerprint density at radius 3 is 2.78 bits per heavy atom. The summed E-state index contributed by atoms with van der Waals surface area (Å²) in [6.07, 6.45) is 5.22. The van der Waals surface area contributed by atoms with E-state index in [0.717, 1.165) is 50.8 Å². The molecule has 6 rings (SSSR count). The number of halogens is 2. The molecule has 8 nitrogen and oxygen atoms in total. The largest absolute Gasteiger partial charge is 0.490 e. The van der Waals surface area contributed by atoms with Gasteiger partial charge < -0.3 is 24.4 Å². The van der Waals surface area contributed by atoms with Crippen LogP contribution in [0.25, 0.3) is 0 Å². The van der Waals surface area contributed by atoms with Gasteiger partial charge in [-0.2, -0.15) is 0 Å². The topological polar surface area (TPSA) is 85.8 Å². The normalized spacial score (nSPS) is 17.4. The number of hydrogen-bond acceptors (Lipinski definition) is 8. The predicted octanol–water partition coefficient (Wildman–Crippen LogP) is 4.27. The van der Waals surface area contributed by atoms with Crippen molar-refractivity contribution >= 4 is 24.2 Å². The molecular weight excluding hydrogens is 487 g/mol. The fourth-order valence-corrected chi connectivity index (χ4v) is 5.35. The maximum Gasteiger partial charge on any atom is 0.341 e. The maximum atomic E-state index is 13.7. The van der Waals surface area contributed by atoms with Crippen molar-refractivity contribution in [1.82, 2.24) is 15.3 Å². The number of carbonyl (C=O) groups is 1. The molecule has 2 aromatic carbocycles. The highest BCUT2D eigenvalue weighted by Crippen LogP contribution is 2.52. The first-order valence-corrected chi connectivity index (χ1v) is 11.6. The summed E-state index contributed by atoms with van der Waals surface area (Å²) >= 11 is 0. The van der Waals surface area contributed by atoms with Gasteiger partial charge in [0.25, 0.3) is 0 Å². The molecule has 3 aliphatic rings. The Labute approximate surface area is 214 Å². The van der Waals surface area contributed by atoms with Crippen LogP contribution in [0.15, 0.2) is 48.9 Å². The van der Waals surface area contributed by atoms with Crippen LogP contribution in [0, 0.1) is 11.2 Å². The second-order valence-electron chi connectivity index (χ2n) is 9.45. The van der Waals surface area contributed by atoms with Crippen molar-refractivity contribution in [1.29, 1.82) is 0 Å². The number of nitrogens with zero attached hydrogens (tertiary/aromatic N) is 3. The molecule has 1 aliphatic carbocycles. The Morgan fingerprint density at radius 1 is 1.14 bits per heavy atom. The van der Waals surface area contributed by atoms with Gasteiger partial charge in [0.1, 0.15) is 35.3 Å². The molecule has 0 radical (unpaired) electrons. The molecule has 10 heteroatoms. The molecule has 1 N–H and O–H groups in total. The standard InChI is InChI=1S/C26H25FN4O4.ClH/c1-33-25(32)19-7-17(27)5-6-22(19)35-23-12-29-15-30-24(23)31-13-26(14-31)8-18(9-26)34-21-4-2-3-16-10-28-11-20(16)21;/h2-7,12,15,18,28H,8-11,13-14H2,1H3;1H. The van der Waals surface area contributed by atoms with E-state index in [0.29, 0.717) is 11.6 Å². The van der Waals surface area contributed by atoms with Crippen molar-refractivity contribution in [3.05, 3.63) is 71.4 Å². The number of hydrogen-bond donors (Lipinski definition) is 1. The van der Waals surface area contributed by atoms with E-state index in [-0.39, 0.29) is 35.2 Å². The number of methoxy groups -OCH3 is 1. The zero-order chi connectivity index (χ0) is 24.0. The molecule has 0 atom stereocenters. The minimum absolute atomic E-state index is 0. The van der Waals surface area contributed by atoms with Crippen molar-refractivity contribution in [2.45, 2.75) is 32.0 Å². The van der Waals surface area contributed by atoms with Gasteiger partial charge >= 0.3 is 5.97 Å². The third-order valence-corrected chi connectivity index (χ3v) is 7.04. The Balaban J connectivity index is 0.00000267. The van der Waals surface area contributed by atoms with Crippen LogP contribution in [0.1, 0.15) is 34.3 Å². The zero-order valence-corrected chi connectivity index (χ0v) is 20.5. The number of fused-ring (bicyclic) bond motifs is 1. The smallest absolute Gasteiger partial charge is 0.341 e. The number of aromatic nitrogens is 2. The quantitative estimate of drug-likeness (QED) is 0.490. The summed E-state index contributed by atoms with van der Waals surface area (Å²) in [6.45, 7) is 3.43. The van der Waals surface area contributed by atoms with Crippen LogP contribution < -0.4 is 19.7 Å². The second kappa shape index (κ2) is 9.55. The zero-order valence-electron chi connectivity index (χ0n) is 19.7. The summed E-state index contributed by atoms with van der Waals surface area (Å²) in [7, 11) is 1.24. The predicted molar refractivity (Wildman–Crippen MR) is 132 cm³/mol. The lowest BCUT2D eigenvalue weighted by Crippen LogP contribution is -2.65. The van der Waals surface area contributed by atoms with E-state index in [1.54, 1.807) is 6.20 Å². The number of rotatable bonds is 6.